The van der Waals surface area contributed by atoms with E-state index in [1.165, 1.54) is 32.2 Å². The highest BCUT2D eigenvalue weighted by molar-refractivity contribution is 8.76. The highest BCUT2D eigenvalue weighted by atomic mass is 33.1. The fraction of sp³-hybridized carbons (Fsp3) is 0.583. The number of carbonyl (C=O) groups excluding carboxylic acids is 13. The minimum atomic E-state index is -2.51. The van der Waals surface area contributed by atoms with Crippen LogP contribution in [0.2, 0.25) is 0 Å². The first-order chi connectivity index (χ1) is 49.5. The van der Waals surface area contributed by atoms with Gasteiger partial charge in [-0.15, -0.1) is 0 Å². The number of nitrogens with one attached hydrogen (secondary N) is 12. The normalized spacial score (nSPS) is 22.7. The number of aliphatic hydroxyl groups is 2. The molecule has 5 rings (SSSR count). The van der Waals surface area contributed by atoms with Gasteiger partial charge in [-0.2, -0.15) is 0 Å². The van der Waals surface area contributed by atoms with Crippen LogP contribution in [0.1, 0.15) is 71.3 Å². The molecule has 0 spiro atoms. The van der Waals surface area contributed by atoms with E-state index in [0.717, 1.165) is 26.5 Å². The number of phenolic OH excluding ortho intramolecular Hbond substituents is 1. The van der Waals surface area contributed by atoms with Crippen molar-refractivity contribution in [3.63, 3.8) is 0 Å². The van der Waals surface area contributed by atoms with Crippen molar-refractivity contribution >= 4 is 144 Å². The second-order valence-corrected chi connectivity index (χ2v) is 28.6. The number of carboxylic acids is 3. The van der Waals surface area contributed by atoms with Crippen LogP contribution in [-0.4, -0.2) is 282 Å². The van der Waals surface area contributed by atoms with E-state index in [0.29, 0.717) is 0 Å². The second kappa shape index (κ2) is 40.8. The predicted molar refractivity (Wildman–Crippen MR) is 368 cm³/mol. The van der Waals surface area contributed by atoms with Crippen LogP contribution >= 0.6 is 21.6 Å². The monoisotopic (exact) mass is 1540 g/mol. The third-order valence-electron chi connectivity index (χ3n) is 16.7. The number of aromatic nitrogens is 1. The summed E-state index contributed by atoms with van der Waals surface area (Å²) < 4.78 is 25.1. The lowest BCUT2D eigenvalue weighted by Gasteiger charge is -2.33. The maximum Gasteiger partial charge on any atom is 0.508 e. The zero-order chi connectivity index (χ0) is 78.1. The third-order valence-corrected chi connectivity index (χ3v) is 20.5. The van der Waals surface area contributed by atoms with Gasteiger partial charge in [0.25, 0.3) is 0 Å². The Labute approximate surface area is 608 Å². The van der Waals surface area contributed by atoms with Crippen LogP contribution in [0.25, 0.3) is 10.9 Å². The van der Waals surface area contributed by atoms with Crippen LogP contribution in [0.15, 0.2) is 28.2 Å². The van der Waals surface area contributed by atoms with Crippen molar-refractivity contribution in [1.82, 2.24) is 68.4 Å². The van der Waals surface area contributed by atoms with Crippen molar-refractivity contribution in [1.29, 1.82) is 0 Å². The summed E-state index contributed by atoms with van der Waals surface area (Å²) in [5.41, 5.74) is 16.2. The molecule has 15 atom stereocenters. The van der Waals surface area contributed by atoms with Crippen molar-refractivity contribution < 1.29 is 121 Å². The number of likely N-dealkylation sites (N-methyl/N-ethyl adjacent to an activating group) is 1. The van der Waals surface area contributed by atoms with Crippen LogP contribution in [0, 0.1) is 11.8 Å². The quantitative estimate of drug-likeness (QED) is 0.0114. The molecule has 3 unspecified atom stereocenters. The number of phenols is 1. The molecule has 24 N–H and O–H groups in total. The third kappa shape index (κ3) is 26.2. The molecule has 1 aromatic heterocycles. The number of hydrogen-bond donors (Lipinski definition) is 21. The summed E-state index contributed by atoms with van der Waals surface area (Å²) in [5.74, 6) is -22.7. The first kappa shape index (κ1) is 85.5. The Morgan fingerprint density at radius 1 is 0.752 bits per heavy atom. The zero-order valence-electron chi connectivity index (χ0n) is 57.1. The van der Waals surface area contributed by atoms with Crippen molar-refractivity contribution in [2.24, 2.45) is 34.0 Å². The van der Waals surface area contributed by atoms with Crippen LogP contribution in [-0.2, 0) is 98.6 Å². The van der Waals surface area contributed by atoms with Gasteiger partial charge in [-0.1, -0.05) is 48.8 Å². The fourth-order valence-corrected chi connectivity index (χ4v) is 14.3. The van der Waals surface area contributed by atoms with E-state index in [1.54, 1.807) is 13.8 Å². The molecular weight excluding hydrogens is 1450 g/mol. The zero-order valence-corrected chi connectivity index (χ0v) is 59.6. The SMILES string of the molecule is CCC(C)[C@H]1NC(=O)CNC(=O)[C@@H]2Cc3c([nH]c4cc(O)ccc34)S(=O)C[C@@H](NC(=O)CNC1=O)C(=O)N[C@@H](CC(N)=O)C(=O)N1C[C@H](O)C[C@H]1C(=O)N[C@@H]([C@@H](C)C(O)COC(=O)OCCSSC[C@H](NC(=O)[C@H](CC(=O)O)NC(=O)[C@H](CC(=O)O)NC(=O)[C@H](CCCN=C(N)N)NC)C(=O)O)C(=O)N2. The number of guanidine groups is 1. The van der Waals surface area contributed by atoms with Gasteiger partial charge < -0.3 is 126 Å². The molecule has 42 nitrogen and oxygen atoms in total. The van der Waals surface area contributed by atoms with E-state index in [1.807, 2.05) is 0 Å². The molecule has 0 radical (unpaired) electrons. The van der Waals surface area contributed by atoms with Crippen molar-refractivity contribution in [3.8, 4) is 5.75 Å². The Morgan fingerprint density at radius 2 is 1.37 bits per heavy atom. The van der Waals surface area contributed by atoms with Crippen LogP contribution in [0.3, 0.4) is 0 Å². The summed E-state index contributed by atoms with van der Waals surface area (Å²) in [5, 5.41) is 88.1. The van der Waals surface area contributed by atoms with Gasteiger partial charge in [-0.25, -0.2) is 9.59 Å². The Balaban J connectivity index is 1.37. The van der Waals surface area contributed by atoms with E-state index in [9.17, 15) is 107 Å². The summed E-state index contributed by atoms with van der Waals surface area (Å²) >= 11 is 0. The van der Waals surface area contributed by atoms with Gasteiger partial charge in [0.05, 0.1) is 72.7 Å². The van der Waals surface area contributed by atoms with Gasteiger partial charge >= 0.3 is 24.1 Å². The molecule has 580 valence electrons. The summed E-state index contributed by atoms with van der Waals surface area (Å²) in [6.45, 7) is 0.744. The number of rotatable bonds is 30. The lowest BCUT2D eigenvalue weighted by Crippen LogP contribution is -2.62. The summed E-state index contributed by atoms with van der Waals surface area (Å²) in [4.78, 5) is 223. The number of amides is 12. The van der Waals surface area contributed by atoms with E-state index < -0.39 is 267 Å². The standard InChI is InChI=1S/C60H87N17O25S3/c1-5-25(2)46-54(94)67-19-42(82)68-38-24-105(100)56-30(29-9-8-27(78)13-32(29)74-56)15-33(48(88)66-20-43(83)75-46)71-55(95)47(76-53(93)39-14-28(79)21-77(39)57(96)36(16-41(61)81)72-52(38)92)26(3)40(80)22-102-60(99)101-11-12-103-104-23-37(58(97)98)73-51(91)35(18-45(86)87)70-50(90)34(17-44(84)85)69-49(89)31(64-4)7-6-10-65-59(62)63/h8-9,13,25-26,28,31,33-40,46-47,64,74,78-80H,5-7,10-12,14-24H2,1-4H3,(H2,61,81)(H,66,88)(H,67,94)(H,68,82)(H,69,89)(H,70,90)(H,71,95)(H,72,92)(H,73,91)(H,75,83)(H,76,93)(H,84,85)(H,86,87)(H,97,98)(H4,62,63,65)/t25?,26-,28+,31-,33-,34-,35-,36-,37-,38+,39-,40?,46+,47-,105?/m0/s1. The molecule has 1 aromatic carbocycles. The van der Waals surface area contributed by atoms with Gasteiger partial charge in [0, 0.05) is 54.8 Å². The van der Waals surface area contributed by atoms with Crippen LogP contribution < -0.4 is 75.7 Å². The van der Waals surface area contributed by atoms with Gasteiger partial charge in [0.15, 0.2) is 5.96 Å². The Morgan fingerprint density at radius 3 is 1.97 bits per heavy atom. The van der Waals surface area contributed by atoms with Crippen LogP contribution in [0.5, 0.6) is 5.75 Å². The summed E-state index contributed by atoms with van der Waals surface area (Å²) in [6, 6.07) is -13.8. The number of ether oxygens (including phenoxy) is 2. The molecule has 2 aromatic rings. The molecule has 105 heavy (non-hydrogen) atoms. The number of aliphatic imine (C=N–C) groups is 1. The lowest BCUT2D eigenvalue weighted by atomic mass is 9.93. The molecule has 0 saturated carbocycles. The van der Waals surface area contributed by atoms with Gasteiger partial charge in [-0.3, -0.25) is 76.3 Å². The number of aromatic hydroxyl groups is 1. The number of carbonyl (C=O) groups is 16. The molecule has 3 aliphatic rings. The highest BCUT2D eigenvalue weighted by Gasteiger charge is 2.46. The van der Waals surface area contributed by atoms with Crippen molar-refractivity contribution in [3.05, 3.63) is 23.8 Å². The number of nitrogens with two attached hydrogens (primary N) is 3. The Bertz CT molecular complexity index is 3640. The predicted octanol–water partition coefficient (Wildman–Crippen LogP) is -8.25. The maximum absolute atomic E-state index is 15.1. The number of nitrogens with zero attached hydrogens (tertiary/aromatic N) is 2. The summed E-state index contributed by atoms with van der Waals surface area (Å²) in [7, 11) is 0.567. The number of aliphatic hydroxyl groups excluding tert-OH is 2. The molecule has 1 fully saturated rings. The number of aliphatic carboxylic acids is 3. The molecule has 1 saturated heterocycles. The van der Waals surface area contributed by atoms with Gasteiger partial charge in [-0.05, 0) is 43.5 Å². The van der Waals surface area contributed by atoms with E-state index in [4.69, 9.17) is 26.7 Å². The molecule has 2 bridgehead atoms. The summed E-state index contributed by atoms with van der Waals surface area (Å²) in [6.07, 6.45) is -8.58. The molecule has 4 heterocycles. The number of fused-ring (bicyclic) bond motifs is 5. The van der Waals surface area contributed by atoms with Crippen molar-refractivity contribution in [2.75, 3.05) is 63.7 Å². The molecule has 0 aliphatic carbocycles. The molecule has 12 amide bonds. The first-order valence-corrected chi connectivity index (χ1v) is 36.4. The maximum atomic E-state index is 15.1. The number of carboxylic acid groups (broad SMARTS) is 3. The average Bonchev–Trinajstić information content (AvgIpc) is 1.66. The molecule has 45 heteroatoms. The first-order valence-electron chi connectivity index (χ1n) is 32.6. The lowest BCUT2D eigenvalue weighted by molar-refractivity contribution is -0.144. The van der Waals surface area contributed by atoms with E-state index in [-0.39, 0.29) is 64.8 Å². The number of aromatic amines is 1. The molecule has 3 aliphatic heterocycles. The number of benzene rings is 1. The smallest absolute Gasteiger partial charge is 0.508 e. The largest absolute Gasteiger partial charge is 0.508 e. The average molecular weight is 1540 g/mol. The van der Waals surface area contributed by atoms with Gasteiger partial charge in [0.1, 0.15) is 78.4 Å². The Hall–Kier alpha value is -10.1. The number of primary amides is 1. The number of hydrogen-bond acceptors (Lipinski definition) is 26. The highest BCUT2D eigenvalue weighted by Crippen LogP contribution is 2.31. The van der Waals surface area contributed by atoms with Crippen molar-refractivity contribution in [2.45, 2.75) is 150 Å². The van der Waals surface area contributed by atoms with E-state index in [2.05, 4.69) is 68.5 Å². The Kier molecular flexibility index (Phi) is 33.2. The van der Waals surface area contributed by atoms with Gasteiger partial charge in [0.2, 0.25) is 70.9 Å². The minimum Gasteiger partial charge on any atom is -0.508 e. The topological polar surface area (TPSA) is 672 Å². The number of H-pyrrole nitrogens is 1. The fourth-order valence-electron chi connectivity index (χ4n) is 10.9. The second-order valence-electron chi connectivity index (χ2n) is 24.5. The van der Waals surface area contributed by atoms with Crippen LogP contribution in [0.4, 0.5) is 4.79 Å². The minimum absolute atomic E-state index is 0.0351. The van der Waals surface area contributed by atoms with E-state index >= 15 is 4.79 Å². The molecular formula is C60H87N17O25S3.